The fraction of sp³-hybridized carbons (Fsp3) is 0.227. The number of esters is 1. The second-order valence-electron chi connectivity index (χ2n) is 6.56. The molecule has 0 unspecified atom stereocenters. The highest BCUT2D eigenvalue weighted by Crippen LogP contribution is 2.32. The predicted octanol–water partition coefficient (Wildman–Crippen LogP) is 3.05. The summed E-state index contributed by atoms with van der Waals surface area (Å²) in [7, 11) is 1.33. The highest BCUT2D eigenvalue weighted by molar-refractivity contribution is 5.89. The van der Waals surface area contributed by atoms with Gasteiger partial charge >= 0.3 is 5.97 Å². The minimum Gasteiger partial charge on any atom is -0.465 e. The molecule has 6 nitrogen and oxygen atoms in total. The summed E-state index contributed by atoms with van der Waals surface area (Å²) in [6.45, 7) is 1.83. The van der Waals surface area contributed by atoms with Crippen LogP contribution in [0.2, 0.25) is 0 Å². The largest absolute Gasteiger partial charge is 0.465 e. The van der Waals surface area contributed by atoms with Crippen molar-refractivity contribution >= 4 is 23.9 Å². The van der Waals surface area contributed by atoms with Crippen LogP contribution in [0, 0.1) is 0 Å². The van der Waals surface area contributed by atoms with E-state index in [1.165, 1.54) is 14.0 Å². The topological polar surface area (TPSA) is 75.7 Å². The second-order valence-corrected chi connectivity index (χ2v) is 6.56. The lowest BCUT2D eigenvalue weighted by atomic mass is 9.93. The third kappa shape index (κ3) is 4.28. The number of carbonyl (C=O) groups excluding carboxylic acids is 3. The van der Waals surface area contributed by atoms with E-state index in [0.717, 1.165) is 16.7 Å². The Morgan fingerprint density at radius 3 is 2.46 bits per heavy atom. The molecular weight excluding hydrogens is 356 g/mol. The van der Waals surface area contributed by atoms with Gasteiger partial charge in [0.25, 0.3) is 0 Å². The lowest BCUT2D eigenvalue weighted by Crippen LogP contribution is -2.35. The Hall–Kier alpha value is -3.41. The molecular formula is C22H22N2O4. The monoisotopic (exact) mass is 378 g/mol. The average molecular weight is 378 g/mol. The Morgan fingerprint density at radius 1 is 1.07 bits per heavy atom. The van der Waals surface area contributed by atoms with Gasteiger partial charge in [-0.3, -0.25) is 9.59 Å². The molecule has 1 aliphatic rings. The molecule has 144 valence electrons. The normalized spacial score (nSPS) is 14.9. The first kappa shape index (κ1) is 19.4. The van der Waals surface area contributed by atoms with Crippen molar-refractivity contribution < 1.29 is 19.1 Å². The number of methoxy groups -OCH3 is 1. The highest BCUT2D eigenvalue weighted by atomic mass is 16.5. The summed E-state index contributed by atoms with van der Waals surface area (Å²) in [5.74, 6) is -0.663. The van der Waals surface area contributed by atoms with Crippen LogP contribution in [0.25, 0.3) is 6.08 Å². The fourth-order valence-corrected chi connectivity index (χ4v) is 3.24. The number of nitrogens with one attached hydrogen (secondary N) is 1. The number of fused-ring (bicyclic) bond motifs is 1. The van der Waals surface area contributed by atoms with E-state index in [0.29, 0.717) is 12.1 Å². The molecule has 0 fully saturated rings. The Labute approximate surface area is 163 Å². The number of rotatable bonds is 5. The Balaban J connectivity index is 1.65. The first-order valence-electron chi connectivity index (χ1n) is 8.99. The van der Waals surface area contributed by atoms with Gasteiger partial charge in [-0.15, -0.1) is 0 Å². The summed E-state index contributed by atoms with van der Waals surface area (Å²) in [6, 6.07) is 14.3. The minimum atomic E-state index is -0.399. The summed E-state index contributed by atoms with van der Waals surface area (Å²) in [6.07, 6.45) is 3.78. The number of benzene rings is 2. The van der Waals surface area contributed by atoms with E-state index in [2.05, 4.69) is 10.1 Å². The van der Waals surface area contributed by atoms with Gasteiger partial charge in [-0.1, -0.05) is 36.4 Å². The summed E-state index contributed by atoms with van der Waals surface area (Å²) < 4.78 is 4.67. The van der Waals surface area contributed by atoms with E-state index in [9.17, 15) is 14.4 Å². The van der Waals surface area contributed by atoms with Crippen molar-refractivity contribution in [2.45, 2.75) is 25.9 Å². The first-order valence-corrected chi connectivity index (χ1v) is 8.99. The van der Waals surface area contributed by atoms with Crippen LogP contribution < -0.4 is 5.32 Å². The van der Waals surface area contributed by atoms with E-state index in [1.54, 1.807) is 35.4 Å². The summed E-state index contributed by atoms with van der Waals surface area (Å²) >= 11 is 0. The predicted molar refractivity (Wildman–Crippen MR) is 105 cm³/mol. The van der Waals surface area contributed by atoms with Crippen LogP contribution in [-0.4, -0.2) is 29.8 Å². The molecule has 6 heteroatoms. The second kappa shape index (κ2) is 8.52. The van der Waals surface area contributed by atoms with Crippen molar-refractivity contribution in [1.82, 2.24) is 10.2 Å². The summed E-state index contributed by atoms with van der Waals surface area (Å²) in [4.78, 5) is 37.6. The van der Waals surface area contributed by atoms with Crippen molar-refractivity contribution in [1.29, 1.82) is 0 Å². The molecule has 0 saturated heterocycles. The molecule has 1 N–H and O–H groups in total. The molecule has 0 aromatic heterocycles. The maximum atomic E-state index is 12.5. The van der Waals surface area contributed by atoms with Crippen molar-refractivity contribution in [2.75, 3.05) is 7.11 Å². The van der Waals surface area contributed by atoms with E-state index < -0.39 is 5.97 Å². The van der Waals surface area contributed by atoms with Crippen molar-refractivity contribution in [3.63, 3.8) is 0 Å². The van der Waals surface area contributed by atoms with Gasteiger partial charge in [-0.05, 0) is 34.9 Å². The fourth-order valence-electron chi connectivity index (χ4n) is 3.24. The van der Waals surface area contributed by atoms with Crippen molar-refractivity contribution in [3.05, 3.63) is 77.0 Å². The van der Waals surface area contributed by atoms with Gasteiger partial charge in [0.05, 0.1) is 25.1 Å². The Bertz CT molecular complexity index is 918. The summed E-state index contributed by atoms with van der Waals surface area (Å²) in [5.41, 5.74) is 3.29. The smallest absolute Gasteiger partial charge is 0.337 e. The zero-order chi connectivity index (χ0) is 20.1. The molecule has 1 aliphatic heterocycles. The van der Waals surface area contributed by atoms with Crippen LogP contribution in [0.1, 0.15) is 46.4 Å². The van der Waals surface area contributed by atoms with Gasteiger partial charge in [0, 0.05) is 19.7 Å². The quantitative estimate of drug-likeness (QED) is 0.812. The Kier molecular flexibility index (Phi) is 5.89. The molecule has 3 rings (SSSR count). The molecule has 0 bridgehead atoms. The zero-order valence-corrected chi connectivity index (χ0v) is 15.8. The lowest BCUT2D eigenvalue weighted by molar-refractivity contribution is -0.130. The number of carbonyl (C=O) groups is 3. The molecule has 28 heavy (non-hydrogen) atoms. The summed E-state index contributed by atoms with van der Waals surface area (Å²) in [5, 5.41) is 2.88. The van der Waals surface area contributed by atoms with Gasteiger partial charge < -0.3 is 15.0 Å². The highest BCUT2D eigenvalue weighted by Gasteiger charge is 2.28. The maximum Gasteiger partial charge on any atom is 0.337 e. The Morgan fingerprint density at radius 2 is 1.79 bits per heavy atom. The van der Waals surface area contributed by atoms with Crippen molar-refractivity contribution in [3.8, 4) is 0 Å². The van der Waals surface area contributed by atoms with Gasteiger partial charge in [0.15, 0.2) is 0 Å². The molecule has 2 amide bonds. The van der Waals surface area contributed by atoms with Crippen molar-refractivity contribution in [2.24, 2.45) is 0 Å². The van der Waals surface area contributed by atoms with Crippen LogP contribution >= 0.6 is 0 Å². The minimum absolute atomic E-state index is 0.109. The number of amides is 2. The molecule has 2 aromatic rings. The van der Waals surface area contributed by atoms with Crippen LogP contribution in [0.4, 0.5) is 0 Å². The third-order valence-electron chi connectivity index (χ3n) is 4.71. The standard InChI is InChI=1S/C22H22N2O4/c1-15(25)24-12-11-17-5-3-4-6-19(17)20(24)13-21(26)23-14-16-7-9-18(10-8-16)22(27)28-2/h3-12,20H,13-14H2,1-2H3,(H,23,26)/t20-/m0/s1. The average Bonchev–Trinajstić information content (AvgIpc) is 2.72. The van der Waals surface area contributed by atoms with Gasteiger partial charge in [-0.2, -0.15) is 0 Å². The molecule has 0 radical (unpaired) electrons. The number of hydrogen-bond donors (Lipinski definition) is 1. The third-order valence-corrected chi connectivity index (χ3v) is 4.71. The molecule has 0 aliphatic carbocycles. The van der Waals surface area contributed by atoms with E-state index in [-0.39, 0.29) is 24.3 Å². The SMILES string of the molecule is COC(=O)c1ccc(CNC(=O)C[C@H]2c3ccccc3C=CN2C(C)=O)cc1. The number of hydrogen-bond acceptors (Lipinski definition) is 4. The maximum absolute atomic E-state index is 12.5. The molecule has 1 heterocycles. The number of ether oxygens (including phenoxy) is 1. The van der Waals surface area contributed by atoms with Crippen LogP contribution in [0.3, 0.4) is 0 Å². The van der Waals surface area contributed by atoms with E-state index in [4.69, 9.17) is 0 Å². The molecule has 0 spiro atoms. The van der Waals surface area contributed by atoms with Crippen LogP contribution in [-0.2, 0) is 20.9 Å². The van der Waals surface area contributed by atoms with Gasteiger partial charge in [0.2, 0.25) is 11.8 Å². The van der Waals surface area contributed by atoms with Crippen LogP contribution in [0.5, 0.6) is 0 Å². The lowest BCUT2D eigenvalue weighted by Gasteiger charge is -2.32. The molecule has 2 aromatic carbocycles. The van der Waals surface area contributed by atoms with Gasteiger partial charge in [-0.25, -0.2) is 4.79 Å². The van der Waals surface area contributed by atoms with E-state index >= 15 is 0 Å². The molecule has 0 saturated carbocycles. The zero-order valence-electron chi connectivity index (χ0n) is 15.8. The van der Waals surface area contributed by atoms with E-state index in [1.807, 2.05) is 30.3 Å². The molecule has 1 atom stereocenters. The number of nitrogens with zero attached hydrogens (tertiary/aromatic N) is 1. The first-order chi connectivity index (χ1) is 13.5. The van der Waals surface area contributed by atoms with Gasteiger partial charge in [0.1, 0.15) is 0 Å². The van der Waals surface area contributed by atoms with Crippen LogP contribution in [0.15, 0.2) is 54.7 Å².